The molecule has 1 atom stereocenters. The molecule has 0 aromatic heterocycles. The minimum Gasteiger partial charge on any atom is -0.481 e. The van der Waals surface area contributed by atoms with E-state index in [9.17, 15) is 19.2 Å². The number of carboxylic acid groups (broad SMARTS) is 4. The first-order valence-corrected chi connectivity index (χ1v) is 5.47. The van der Waals surface area contributed by atoms with E-state index in [2.05, 4.69) is 5.32 Å². The van der Waals surface area contributed by atoms with Gasteiger partial charge in [0.2, 0.25) is 0 Å². The van der Waals surface area contributed by atoms with Gasteiger partial charge in [0.25, 0.3) is 0 Å². The van der Waals surface area contributed by atoms with Crippen LogP contribution in [0.25, 0.3) is 0 Å². The van der Waals surface area contributed by atoms with Gasteiger partial charge in [0.05, 0.1) is 31.3 Å². The zero-order valence-electron chi connectivity index (χ0n) is 13.2. The summed E-state index contributed by atoms with van der Waals surface area (Å²) >= 11 is 0. The summed E-state index contributed by atoms with van der Waals surface area (Å²) in [6.45, 7) is -0.742. The smallest absolute Gasteiger partial charge is 0.317 e. The first kappa shape index (κ1) is 33.3. The minimum atomic E-state index is -1.87. The average Bonchev–Trinajstić information content (AvgIpc) is 2.23. The summed E-state index contributed by atoms with van der Waals surface area (Å²) in [5, 5.41) is 37.2. The van der Waals surface area contributed by atoms with E-state index < -0.39 is 61.3 Å². The monoisotopic (exact) mass is 360 g/mol. The van der Waals surface area contributed by atoms with E-state index in [-0.39, 0.29) is 24.6 Å². The van der Waals surface area contributed by atoms with Crippen molar-refractivity contribution < 1.29 is 39.6 Å². The highest BCUT2D eigenvalue weighted by molar-refractivity contribution is 5.75. The topological polar surface area (TPSA) is 327 Å². The number of aliphatic carboxylic acids is 4. The first-order chi connectivity index (χ1) is 9.09. The summed E-state index contributed by atoms with van der Waals surface area (Å²) in [5.74, 6) is -5.56. The summed E-state index contributed by atoms with van der Waals surface area (Å²) in [5.41, 5.74) is 3.71. The van der Waals surface area contributed by atoms with Crippen LogP contribution in [0.3, 0.4) is 0 Å². The lowest BCUT2D eigenvalue weighted by atomic mass is 9.82. The summed E-state index contributed by atoms with van der Waals surface area (Å²) < 4.78 is 0. The zero-order valence-corrected chi connectivity index (χ0v) is 13.2. The van der Waals surface area contributed by atoms with Crippen LogP contribution >= 0.6 is 0 Å². The van der Waals surface area contributed by atoms with Crippen molar-refractivity contribution in [1.29, 1.82) is 0 Å². The third-order valence-electron chi connectivity index (χ3n) is 2.63. The molecular weight excluding hydrogens is 332 g/mol. The van der Waals surface area contributed by atoms with Crippen molar-refractivity contribution in [3.8, 4) is 0 Å². The fraction of sp³-hybridized carbons (Fsp3) is 0.600. The molecule has 14 heteroatoms. The van der Waals surface area contributed by atoms with Crippen molar-refractivity contribution in [2.75, 3.05) is 6.54 Å². The summed E-state index contributed by atoms with van der Waals surface area (Å²) in [6, 6.07) is -1.38. The molecule has 146 valence electrons. The Balaban J connectivity index is -0.000000301. The maximum Gasteiger partial charge on any atom is 0.317 e. The normalized spacial score (nSPS) is 10.5. The molecule has 1 unspecified atom stereocenters. The van der Waals surface area contributed by atoms with E-state index in [1.807, 2.05) is 0 Å². The Morgan fingerprint density at radius 3 is 1.42 bits per heavy atom. The van der Waals surface area contributed by atoms with Gasteiger partial charge >= 0.3 is 23.9 Å². The minimum absolute atomic E-state index is 0. The van der Waals surface area contributed by atoms with E-state index in [1.54, 1.807) is 0 Å². The summed E-state index contributed by atoms with van der Waals surface area (Å²) in [4.78, 5) is 42.9. The van der Waals surface area contributed by atoms with Crippen LogP contribution in [-0.4, -0.2) is 62.4 Å². The maximum absolute atomic E-state index is 10.8. The van der Waals surface area contributed by atoms with Crippen molar-refractivity contribution in [2.45, 2.75) is 30.8 Å². The van der Waals surface area contributed by atoms with Gasteiger partial charge in [-0.05, 0) is 0 Å². The molecule has 0 spiro atoms. The second-order valence-corrected chi connectivity index (χ2v) is 4.25. The molecule has 24 heavy (non-hydrogen) atoms. The van der Waals surface area contributed by atoms with Crippen LogP contribution in [0.15, 0.2) is 0 Å². The van der Waals surface area contributed by atoms with Crippen LogP contribution in [0.2, 0.25) is 0 Å². The van der Waals surface area contributed by atoms with E-state index in [1.165, 1.54) is 0 Å². The molecular formula is C10H28N6O8. The van der Waals surface area contributed by atoms with Gasteiger partial charge in [0, 0.05) is 6.04 Å². The van der Waals surface area contributed by atoms with Gasteiger partial charge in [0.15, 0.2) is 0 Å². The number of nitrogens with two attached hydrogens (primary N) is 1. The molecule has 0 aromatic rings. The molecule has 0 aliphatic rings. The largest absolute Gasteiger partial charge is 0.481 e. The van der Waals surface area contributed by atoms with Crippen LogP contribution in [-0.2, 0) is 19.2 Å². The third kappa shape index (κ3) is 12.2. The average molecular weight is 360 g/mol. The number of rotatable bonds is 10. The van der Waals surface area contributed by atoms with Crippen LogP contribution in [0.5, 0.6) is 0 Å². The zero-order chi connectivity index (χ0) is 15.9. The molecule has 0 radical (unpaired) electrons. The fourth-order valence-corrected chi connectivity index (χ4v) is 1.76. The Morgan fingerprint density at radius 2 is 1.17 bits per heavy atom. The summed E-state index contributed by atoms with van der Waals surface area (Å²) in [7, 11) is 0. The second kappa shape index (κ2) is 14.2. The molecule has 0 fully saturated rings. The van der Waals surface area contributed by atoms with Gasteiger partial charge in [-0.3, -0.25) is 24.5 Å². The van der Waals surface area contributed by atoms with Gasteiger partial charge < -0.3 is 50.8 Å². The highest BCUT2D eigenvalue weighted by Crippen LogP contribution is 2.22. The van der Waals surface area contributed by atoms with Crippen molar-refractivity contribution >= 4 is 23.9 Å². The van der Waals surface area contributed by atoms with Crippen LogP contribution in [0, 0.1) is 0 Å². The third-order valence-corrected chi connectivity index (χ3v) is 2.63. The van der Waals surface area contributed by atoms with Crippen molar-refractivity contribution in [3.63, 3.8) is 0 Å². The van der Waals surface area contributed by atoms with Gasteiger partial charge in [-0.1, -0.05) is 0 Å². The lowest BCUT2D eigenvalue weighted by Crippen LogP contribution is -2.61. The van der Waals surface area contributed by atoms with Gasteiger partial charge in [-0.15, -0.1) is 0 Å². The highest BCUT2D eigenvalue weighted by Gasteiger charge is 2.42. The van der Waals surface area contributed by atoms with Gasteiger partial charge in [-0.25, -0.2) is 0 Å². The molecule has 0 aliphatic heterocycles. The number of hydrogen-bond donors (Lipinski definition) is 10. The molecule has 0 rings (SSSR count). The van der Waals surface area contributed by atoms with Crippen molar-refractivity contribution in [3.05, 3.63) is 0 Å². The molecule has 14 nitrogen and oxygen atoms in total. The Morgan fingerprint density at radius 1 is 0.792 bits per heavy atom. The lowest BCUT2D eigenvalue weighted by Gasteiger charge is -2.36. The van der Waals surface area contributed by atoms with E-state index >= 15 is 0 Å². The summed E-state index contributed by atoms with van der Waals surface area (Å²) in [6.07, 6.45) is -2.34. The standard InChI is InChI=1S/C10H16N2O8.4H3N/c11-5(1-6(13)14)10(2-7(15)16,3-8(17)18)12-4-9(19)20;;;;/h5,12H,1-4,11H2,(H,13,14)(H,15,16)(H,17,18)(H,19,20);4*1H3. The van der Waals surface area contributed by atoms with E-state index in [0.29, 0.717) is 0 Å². The predicted octanol–water partition coefficient (Wildman–Crippen LogP) is -1.20. The molecule has 0 bridgehead atoms. The van der Waals surface area contributed by atoms with E-state index in [0.717, 1.165) is 0 Å². The van der Waals surface area contributed by atoms with Crippen LogP contribution in [0.4, 0.5) is 0 Å². The second-order valence-electron chi connectivity index (χ2n) is 4.25. The Hall–Kier alpha value is -2.36. The first-order valence-electron chi connectivity index (χ1n) is 5.47. The SMILES string of the molecule is N.N.N.N.NC(CC(=O)O)C(CC(=O)O)(CC(=O)O)NCC(=O)O. The highest BCUT2D eigenvalue weighted by atomic mass is 16.4. The molecule has 0 amide bonds. The number of carboxylic acids is 4. The van der Waals surface area contributed by atoms with E-state index in [4.69, 9.17) is 26.2 Å². The Kier molecular flexibility index (Phi) is 19.8. The van der Waals surface area contributed by atoms with Crippen LogP contribution in [0.1, 0.15) is 19.3 Å². The molecule has 19 N–H and O–H groups in total. The quantitative estimate of drug-likeness (QED) is 0.218. The maximum atomic E-state index is 10.8. The molecule has 0 aromatic carbocycles. The number of carbonyl (C=O) groups is 4. The Labute approximate surface area is 137 Å². The van der Waals surface area contributed by atoms with Crippen molar-refractivity contribution in [2.24, 2.45) is 5.73 Å². The molecule has 0 saturated heterocycles. The number of nitrogens with one attached hydrogen (secondary N) is 1. The molecule has 0 aliphatic carbocycles. The lowest BCUT2D eigenvalue weighted by molar-refractivity contribution is -0.146. The van der Waals surface area contributed by atoms with Crippen LogP contribution < -0.4 is 35.7 Å². The van der Waals surface area contributed by atoms with Gasteiger partial charge in [0.1, 0.15) is 0 Å². The fourth-order valence-electron chi connectivity index (χ4n) is 1.76. The molecule has 0 heterocycles. The van der Waals surface area contributed by atoms with Gasteiger partial charge in [-0.2, -0.15) is 0 Å². The Bertz CT molecular complexity index is 402. The predicted molar refractivity (Wildman–Crippen MR) is 83.2 cm³/mol. The van der Waals surface area contributed by atoms with Crippen molar-refractivity contribution in [1.82, 2.24) is 29.9 Å². The number of hydrogen-bond acceptors (Lipinski definition) is 10. The molecule has 0 saturated carbocycles.